The summed E-state index contributed by atoms with van der Waals surface area (Å²) in [7, 11) is 0. The van der Waals surface area contributed by atoms with Crippen molar-refractivity contribution >= 4 is 11.5 Å². The maximum absolute atomic E-state index is 10.8. The van der Waals surface area contributed by atoms with E-state index in [0.29, 0.717) is 12.2 Å². The quantitative estimate of drug-likeness (QED) is 0.466. The summed E-state index contributed by atoms with van der Waals surface area (Å²) in [4.78, 5) is 10.8. The van der Waals surface area contributed by atoms with Crippen molar-refractivity contribution < 1.29 is 14.6 Å². The van der Waals surface area contributed by atoms with Crippen LogP contribution in [0, 0.1) is 0 Å². The molecule has 3 nitrogen and oxygen atoms in total. The molecule has 0 bridgehead atoms. The number of hydrogen-bond donors (Lipinski definition) is 1. The molecular weight excluding hydrogens is 216 g/mol. The minimum absolute atomic E-state index is 0.0161. The van der Waals surface area contributed by atoms with Crippen LogP contribution in [0.2, 0.25) is 0 Å². The molecule has 0 fully saturated rings. The van der Waals surface area contributed by atoms with Crippen LogP contribution in [-0.4, -0.2) is 17.5 Å². The Bertz CT molecular complexity index is 390. The summed E-state index contributed by atoms with van der Waals surface area (Å²) in [5, 5.41) is 9.60. The Labute approximate surface area is 102 Å². The first-order valence-corrected chi connectivity index (χ1v) is 5.78. The van der Waals surface area contributed by atoms with Gasteiger partial charge in [-0.15, -0.1) is 0 Å². The number of allylic oxidation sites excluding steroid dienone is 1. The number of aliphatic hydroxyl groups excluding tert-OH is 1. The van der Waals surface area contributed by atoms with Gasteiger partial charge in [-0.3, -0.25) is 4.79 Å². The van der Waals surface area contributed by atoms with Crippen LogP contribution in [0.4, 0.5) is 0 Å². The van der Waals surface area contributed by atoms with Crippen molar-refractivity contribution in [2.45, 2.75) is 26.7 Å². The largest absolute Gasteiger partial charge is 0.507 e. The third kappa shape index (κ3) is 4.72. The van der Waals surface area contributed by atoms with Crippen LogP contribution in [-0.2, 0) is 4.79 Å². The van der Waals surface area contributed by atoms with Crippen LogP contribution in [0.15, 0.2) is 30.3 Å². The molecule has 1 rings (SSSR count). The Morgan fingerprint density at radius 1 is 1.35 bits per heavy atom. The van der Waals surface area contributed by atoms with Crippen LogP contribution < -0.4 is 4.74 Å². The van der Waals surface area contributed by atoms with Crippen LogP contribution in [0.3, 0.4) is 0 Å². The van der Waals surface area contributed by atoms with Crippen molar-refractivity contribution in [1.29, 1.82) is 0 Å². The van der Waals surface area contributed by atoms with Gasteiger partial charge in [-0.25, -0.2) is 0 Å². The number of hydrogen-bond acceptors (Lipinski definition) is 3. The Balaban J connectivity index is 2.64. The van der Waals surface area contributed by atoms with E-state index in [1.165, 1.54) is 13.0 Å². The summed E-state index contributed by atoms with van der Waals surface area (Å²) >= 11 is 0. The number of aliphatic hydroxyl groups is 1. The van der Waals surface area contributed by atoms with Gasteiger partial charge in [0, 0.05) is 11.6 Å². The number of carbonyl (C=O) groups excluding carboxylic acids is 1. The van der Waals surface area contributed by atoms with E-state index < -0.39 is 0 Å². The van der Waals surface area contributed by atoms with E-state index in [-0.39, 0.29) is 11.5 Å². The zero-order valence-electron chi connectivity index (χ0n) is 10.3. The molecule has 0 spiro atoms. The Kier molecular flexibility index (Phi) is 5.27. The van der Waals surface area contributed by atoms with Crippen molar-refractivity contribution in [3.8, 4) is 5.75 Å². The van der Waals surface area contributed by atoms with Gasteiger partial charge in [-0.1, -0.05) is 13.3 Å². The second-order valence-corrected chi connectivity index (χ2v) is 3.87. The molecule has 0 heterocycles. The monoisotopic (exact) mass is 234 g/mol. The molecule has 92 valence electrons. The first-order chi connectivity index (χ1) is 8.13. The summed E-state index contributed by atoms with van der Waals surface area (Å²) in [6.45, 7) is 4.21. The highest BCUT2D eigenvalue weighted by molar-refractivity contribution is 5.93. The summed E-state index contributed by atoms with van der Waals surface area (Å²) < 4.78 is 5.49. The molecule has 0 aliphatic rings. The molecule has 0 saturated carbocycles. The molecule has 0 aliphatic carbocycles. The maximum atomic E-state index is 10.8. The van der Waals surface area contributed by atoms with Crippen LogP contribution in [0.25, 0.3) is 5.76 Å². The zero-order valence-corrected chi connectivity index (χ0v) is 10.3. The van der Waals surface area contributed by atoms with Gasteiger partial charge in [0.15, 0.2) is 5.78 Å². The second kappa shape index (κ2) is 6.74. The van der Waals surface area contributed by atoms with E-state index in [1.54, 1.807) is 24.3 Å². The van der Waals surface area contributed by atoms with E-state index in [2.05, 4.69) is 6.92 Å². The fourth-order valence-electron chi connectivity index (χ4n) is 1.33. The normalized spacial score (nSPS) is 11.3. The lowest BCUT2D eigenvalue weighted by Crippen LogP contribution is -1.96. The summed E-state index contributed by atoms with van der Waals surface area (Å²) in [6.07, 6.45) is 3.32. The molecule has 17 heavy (non-hydrogen) atoms. The number of ketones is 1. The number of benzene rings is 1. The molecule has 1 aromatic rings. The summed E-state index contributed by atoms with van der Waals surface area (Å²) in [5.41, 5.74) is 0.614. The molecular formula is C14H18O3. The van der Waals surface area contributed by atoms with Gasteiger partial charge in [-0.05, 0) is 37.6 Å². The third-order valence-corrected chi connectivity index (χ3v) is 2.26. The van der Waals surface area contributed by atoms with Gasteiger partial charge in [-0.2, -0.15) is 0 Å². The van der Waals surface area contributed by atoms with Crippen LogP contribution in [0.5, 0.6) is 5.75 Å². The van der Waals surface area contributed by atoms with Crippen molar-refractivity contribution in [2.24, 2.45) is 0 Å². The minimum atomic E-state index is -0.175. The SMILES string of the molecule is CCCCOc1ccc(/C(O)=C/C(C)=O)cc1. The molecule has 0 aromatic heterocycles. The molecule has 0 radical (unpaired) electrons. The van der Waals surface area contributed by atoms with Gasteiger partial charge in [0.05, 0.1) is 6.61 Å². The van der Waals surface area contributed by atoms with E-state index in [9.17, 15) is 9.90 Å². The highest BCUT2D eigenvalue weighted by Gasteiger charge is 2.01. The minimum Gasteiger partial charge on any atom is -0.507 e. The average molecular weight is 234 g/mol. The van der Waals surface area contributed by atoms with Crippen LogP contribution >= 0.6 is 0 Å². The first-order valence-electron chi connectivity index (χ1n) is 5.78. The third-order valence-electron chi connectivity index (χ3n) is 2.26. The van der Waals surface area contributed by atoms with E-state index >= 15 is 0 Å². The predicted molar refractivity (Wildman–Crippen MR) is 68.1 cm³/mol. The molecule has 0 amide bonds. The Hall–Kier alpha value is -1.77. The Morgan fingerprint density at radius 2 is 2.00 bits per heavy atom. The summed E-state index contributed by atoms with van der Waals surface area (Å²) in [5.74, 6) is 0.584. The average Bonchev–Trinajstić information content (AvgIpc) is 2.29. The smallest absolute Gasteiger partial charge is 0.156 e. The molecule has 0 unspecified atom stereocenters. The summed E-state index contributed by atoms with van der Waals surface area (Å²) in [6, 6.07) is 7.04. The lowest BCUT2D eigenvalue weighted by atomic mass is 10.1. The number of ether oxygens (including phenoxy) is 1. The predicted octanol–water partition coefficient (Wildman–Crippen LogP) is 3.35. The van der Waals surface area contributed by atoms with Crippen molar-refractivity contribution in [3.05, 3.63) is 35.9 Å². The highest BCUT2D eigenvalue weighted by Crippen LogP contribution is 2.17. The molecule has 0 aliphatic heterocycles. The van der Waals surface area contributed by atoms with Gasteiger partial charge in [0.25, 0.3) is 0 Å². The van der Waals surface area contributed by atoms with Crippen molar-refractivity contribution in [1.82, 2.24) is 0 Å². The molecule has 0 atom stereocenters. The topological polar surface area (TPSA) is 46.5 Å². The lowest BCUT2D eigenvalue weighted by molar-refractivity contribution is -0.112. The van der Waals surface area contributed by atoms with E-state index in [4.69, 9.17) is 4.74 Å². The number of carbonyl (C=O) groups is 1. The van der Waals surface area contributed by atoms with Crippen LogP contribution in [0.1, 0.15) is 32.3 Å². The van der Waals surface area contributed by atoms with Gasteiger partial charge >= 0.3 is 0 Å². The second-order valence-electron chi connectivity index (χ2n) is 3.87. The highest BCUT2D eigenvalue weighted by atomic mass is 16.5. The molecule has 1 aromatic carbocycles. The molecule has 3 heteroatoms. The maximum Gasteiger partial charge on any atom is 0.156 e. The fourth-order valence-corrected chi connectivity index (χ4v) is 1.33. The zero-order chi connectivity index (χ0) is 12.7. The number of rotatable bonds is 6. The fraction of sp³-hybridized carbons (Fsp3) is 0.357. The van der Waals surface area contributed by atoms with Gasteiger partial charge < -0.3 is 9.84 Å². The first kappa shape index (κ1) is 13.3. The lowest BCUT2D eigenvalue weighted by Gasteiger charge is -2.06. The van der Waals surface area contributed by atoms with E-state index in [1.807, 2.05) is 0 Å². The molecule has 0 saturated heterocycles. The standard InChI is InChI=1S/C14H18O3/c1-3-4-9-17-13-7-5-12(6-8-13)14(16)10-11(2)15/h5-8,10,16H,3-4,9H2,1-2H3/b14-10-. The van der Waals surface area contributed by atoms with E-state index in [0.717, 1.165) is 18.6 Å². The van der Waals surface area contributed by atoms with Gasteiger partial charge in [0.2, 0.25) is 0 Å². The Morgan fingerprint density at radius 3 is 2.53 bits per heavy atom. The van der Waals surface area contributed by atoms with Gasteiger partial charge in [0.1, 0.15) is 11.5 Å². The number of unbranched alkanes of at least 4 members (excludes halogenated alkanes) is 1. The molecule has 1 N–H and O–H groups in total. The van der Waals surface area contributed by atoms with Crippen molar-refractivity contribution in [3.63, 3.8) is 0 Å². The van der Waals surface area contributed by atoms with Crippen molar-refractivity contribution in [2.75, 3.05) is 6.61 Å².